The van der Waals surface area contributed by atoms with Crippen molar-refractivity contribution in [1.29, 1.82) is 0 Å². The third kappa shape index (κ3) is 3.50. The zero-order chi connectivity index (χ0) is 21.5. The number of hydrogen-bond acceptors (Lipinski definition) is 6. The van der Waals surface area contributed by atoms with Crippen LogP contribution in [0.1, 0.15) is 34.5 Å². The lowest BCUT2D eigenvalue weighted by Gasteiger charge is -2.11. The van der Waals surface area contributed by atoms with E-state index in [2.05, 4.69) is 46.4 Å². The van der Waals surface area contributed by atoms with E-state index in [0.717, 1.165) is 22.8 Å². The van der Waals surface area contributed by atoms with Gasteiger partial charge in [-0.25, -0.2) is 14.5 Å². The van der Waals surface area contributed by atoms with Gasteiger partial charge in [0.1, 0.15) is 20.2 Å². The summed E-state index contributed by atoms with van der Waals surface area (Å²) in [5, 5.41) is 8.72. The first-order chi connectivity index (χ1) is 14.3. The fourth-order valence-corrected chi connectivity index (χ4v) is 3.77. The monoisotopic (exact) mass is 421 g/mol. The molecule has 0 radical (unpaired) electrons. The van der Waals surface area contributed by atoms with Gasteiger partial charge in [0.15, 0.2) is 11.4 Å². The smallest absolute Gasteiger partial charge is 0.358 e. The number of imidazole rings is 1. The molecule has 0 fully saturated rings. The Morgan fingerprint density at radius 2 is 2.03 bits per heavy atom. The van der Waals surface area contributed by atoms with Gasteiger partial charge in [0, 0.05) is 12.5 Å². The molecule has 154 valence electrons. The van der Waals surface area contributed by atoms with Crippen molar-refractivity contribution in [2.45, 2.75) is 33.0 Å². The summed E-state index contributed by atoms with van der Waals surface area (Å²) in [6, 6.07) is 5.67. The van der Waals surface area contributed by atoms with Crippen LogP contribution in [-0.2, 0) is 11.2 Å². The lowest BCUT2D eigenvalue weighted by molar-refractivity contribution is 0.0519. The molecule has 0 saturated heterocycles. The first kappa shape index (κ1) is 19.9. The second-order valence-corrected chi connectivity index (χ2v) is 12.7. The number of nitrogens with zero attached hydrogens (tertiary/aromatic N) is 5. The molecule has 0 saturated carbocycles. The van der Waals surface area contributed by atoms with Crippen LogP contribution in [0.5, 0.6) is 5.75 Å². The highest BCUT2D eigenvalue weighted by Crippen LogP contribution is 2.32. The van der Waals surface area contributed by atoms with Crippen molar-refractivity contribution in [1.82, 2.24) is 24.5 Å². The van der Waals surface area contributed by atoms with E-state index in [1.165, 1.54) is 0 Å². The van der Waals surface area contributed by atoms with Crippen molar-refractivity contribution in [2.24, 2.45) is 0 Å². The number of fused-ring (bicyclic) bond motifs is 5. The minimum absolute atomic E-state index is 0.283. The minimum atomic E-state index is -1.61. The zero-order valence-electron chi connectivity index (χ0n) is 17.7. The van der Waals surface area contributed by atoms with E-state index >= 15 is 0 Å². The summed E-state index contributed by atoms with van der Waals surface area (Å²) in [7, 11) is 0.0125. The average molecular weight is 422 g/mol. The van der Waals surface area contributed by atoms with Gasteiger partial charge in [-0.2, -0.15) is 0 Å². The molecule has 8 nitrogen and oxygen atoms in total. The van der Waals surface area contributed by atoms with E-state index in [0.29, 0.717) is 17.9 Å². The topological polar surface area (TPSA) is 84.1 Å². The maximum Gasteiger partial charge on any atom is 0.358 e. The largest absolute Gasteiger partial charge is 0.497 e. The van der Waals surface area contributed by atoms with Crippen molar-refractivity contribution in [3.63, 3.8) is 0 Å². The molecule has 0 amide bonds. The van der Waals surface area contributed by atoms with Crippen LogP contribution in [0.3, 0.4) is 0 Å². The molecule has 1 aliphatic rings. The number of methoxy groups -OCH3 is 1. The Morgan fingerprint density at radius 1 is 1.23 bits per heavy atom. The Bertz CT molecular complexity index is 1190. The SMILES string of the molecule is CCOC(=O)c1ncn2c1Cc1c(C#C[Si](C)(C)C)nnn1-c1cc(OC)ccc1-2. The Balaban J connectivity index is 1.96. The molecule has 0 atom stereocenters. The molecule has 0 aliphatic carbocycles. The summed E-state index contributed by atoms with van der Waals surface area (Å²) in [5.74, 6) is 3.46. The van der Waals surface area contributed by atoms with E-state index in [-0.39, 0.29) is 12.3 Å². The molecule has 1 aliphatic heterocycles. The van der Waals surface area contributed by atoms with Crippen molar-refractivity contribution in [3.05, 3.63) is 47.3 Å². The summed E-state index contributed by atoms with van der Waals surface area (Å²) in [5.41, 5.74) is 7.38. The van der Waals surface area contributed by atoms with Crippen molar-refractivity contribution in [2.75, 3.05) is 13.7 Å². The quantitative estimate of drug-likeness (QED) is 0.287. The summed E-state index contributed by atoms with van der Waals surface area (Å²) in [6.07, 6.45) is 2.04. The Hall–Kier alpha value is -3.38. The van der Waals surface area contributed by atoms with Crippen LogP contribution < -0.4 is 4.74 Å². The van der Waals surface area contributed by atoms with Gasteiger partial charge < -0.3 is 9.47 Å². The van der Waals surface area contributed by atoms with Gasteiger partial charge in [-0.1, -0.05) is 30.8 Å². The first-order valence-electron chi connectivity index (χ1n) is 9.72. The Morgan fingerprint density at radius 3 is 2.73 bits per heavy atom. The highest BCUT2D eigenvalue weighted by Gasteiger charge is 2.29. The van der Waals surface area contributed by atoms with Crippen LogP contribution in [0.2, 0.25) is 19.6 Å². The molecule has 0 N–H and O–H groups in total. The average Bonchev–Trinajstić information content (AvgIpc) is 3.27. The zero-order valence-corrected chi connectivity index (χ0v) is 18.7. The number of benzene rings is 1. The second kappa shape index (κ2) is 7.46. The molecule has 3 heterocycles. The summed E-state index contributed by atoms with van der Waals surface area (Å²) in [6.45, 7) is 8.59. The number of carbonyl (C=O) groups is 1. The van der Waals surface area contributed by atoms with Gasteiger partial charge in [-0.3, -0.25) is 4.57 Å². The molecular weight excluding hydrogens is 398 g/mol. The maximum atomic E-state index is 12.5. The molecule has 3 aromatic rings. The molecule has 30 heavy (non-hydrogen) atoms. The van der Waals surface area contributed by atoms with Crippen LogP contribution >= 0.6 is 0 Å². The van der Waals surface area contributed by atoms with E-state index in [4.69, 9.17) is 9.47 Å². The predicted octanol–water partition coefficient (Wildman–Crippen LogP) is 2.77. The van der Waals surface area contributed by atoms with Crippen molar-refractivity contribution < 1.29 is 14.3 Å². The van der Waals surface area contributed by atoms with E-state index < -0.39 is 14.0 Å². The Labute approximate surface area is 175 Å². The van der Waals surface area contributed by atoms with Gasteiger partial charge in [0.25, 0.3) is 0 Å². The van der Waals surface area contributed by atoms with Crippen LogP contribution in [0, 0.1) is 11.5 Å². The third-order valence-electron chi connectivity index (χ3n) is 4.66. The van der Waals surface area contributed by atoms with E-state index in [1.54, 1.807) is 25.0 Å². The molecule has 0 bridgehead atoms. The highest BCUT2D eigenvalue weighted by molar-refractivity contribution is 6.83. The normalized spacial score (nSPS) is 12.0. The number of ether oxygens (including phenoxy) is 2. The number of aromatic nitrogens is 5. The van der Waals surface area contributed by atoms with Crippen LogP contribution in [0.4, 0.5) is 0 Å². The van der Waals surface area contributed by atoms with Gasteiger partial charge >= 0.3 is 5.97 Å². The number of hydrogen-bond donors (Lipinski definition) is 0. The van der Waals surface area contributed by atoms with Crippen molar-refractivity contribution >= 4 is 14.0 Å². The fraction of sp³-hybridized carbons (Fsp3) is 0.333. The third-order valence-corrected chi connectivity index (χ3v) is 5.53. The first-order valence-corrected chi connectivity index (χ1v) is 13.2. The fourth-order valence-electron chi connectivity index (χ4n) is 3.28. The Kier molecular flexibility index (Phi) is 4.95. The summed E-state index contributed by atoms with van der Waals surface area (Å²) in [4.78, 5) is 16.9. The van der Waals surface area contributed by atoms with Crippen molar-refractivity contribution in [3.8, 4) is 28.6 Å². The van der Waals surface area contributed by atoms with Gasteiger partial charge in [0.2, 0.25) is 0 Å². The number of rotatable bonds is 3. The summed E-state index contributed by atoms with van der Waals surface area (Å²) >= 11 is 0. The lowest BCUT2D eigenvalue weighted by Crippen LogP contribution is -2.16. The molecule has 0 spiro atoms. The standard InChI is InChI=1S/C21H23N5O3Si/c1-6-29-21(27)20-19-12-17-15(9-10-30(3,4)5)23-24-26(17)18-11-14(28-2)7-8-16(18)25(19)13-22-20/h7-8,11,13H,6,12H2,1-5H3. The highest BCUT2D eigenvalue weighted by atomic mass is 28.3. The lowest BCUT2D eigenvalue weighted by atomic mass is 10.1. The minimum Gasteiger partial charge on any atom is -0.497 e. The van der Waals surface area contributed by atoms with Crippen LogP contribution in [-0.4, -0.2) is 52.3 Å². The molecule has 4 rings (SSSR count). The van der Waals surface area contributed by atoms with Crippen LogP contribution in [0.15, 0.2) is 24.5 Å². The molecule has 9 heteroatoms. The van der Waals surface area contributed by atoms with Gasteiger partial charge in [0.05, 0.1) is 36.5 Å². The second-order valence-electron chi connectivity index (χ2n) is 7.96. The summed E-state index contributed by atoms with van der Waals surface area (Å²) < 4.78 is 14.3. The molecular formula is C21H23N5O3Si. The molecule has 2 aromatic heterocycles. The molecule has 1 aromatic carbocycles. The number of carbonyl (C=O) groups excluding carboxylic acids is 1. The predicted molar refractivity (Wildman–Crippen MR) is 114 cm³/mol. The maximum absolute atomic E-state index is 12.5. The number of esters is 1. The van der Waals surface area contributed by atoms with Gasteiger partial charge in [-0.05, 0) is 19.1 Å². The van der Waals surface area contributed by atoms with E-state index in [9.17, 15) is 4.79 Å². The van der Waals surface area contributed by atoms with E-state index in [1.807, 2.05) is 22.8 Å². The van der Waals surface area contributed by atoms with Crippen LogP contribution in [0.25, 0.3) is 11.4 Å². The van der Waals surface area contributed by atoms with Gasteiger partial charge in [-0.15, -0.1) is 10.6 Å². The molecule has 0 unspecified atom stereocenters.